The minimum absolute atomic E-state index is 0.0188. The van der Waals surface area contributed by atoms with Crippen LogP contribution in [0, 0.1) is 5.92 Å². The van der Waals surface area contributed by atoms with Crippen molar-refractivity contribution in [3.8, 4) is 0 Å². The fourth-order valence-electron chi connectivity index (χ4n) is 1.70. The Bertz CT molecular complexity index is 337. The lowest BCUT2D eigenvalue weighted by atomic mass is 10.1. The van der Waals surface area contributed by atoms with Crippen LogP contribution in [-0.4, -0.2) is 17.8 Å². The molecule has 2 nitrogen and oxygen atoms in total. The van der Waals surface area contributed by atoms with Gasteiger partial charge in [0.05, 0.1) is 0 Å². The van der Waals surface area contributed by atoms with Crippen molar-refractivity contribution in [2.45, 2.75) is 32.7 Å². The molecule has 1 aromatic carbocycles. The summed E-state index contributed by atoms with van der Waals surface area (Å²) in [5.74, 6) is 0.905. The fourth-order valence-corrected chi connectivity index (χ4v) is 1.89. The largest absolute Gasteiger partial charge is 0.352 e. The average Bonchev–Trinajstić information content (AvgIpc) is 2.28. The second kappa shape index (κ2) is 7.33. The van der Waals surface area contributed by atoms with E-state index in [0.29, 0.717) is 18.2 Å². The van der Waals surface area contributed by atoms with Crippen LogP contribution in [0.4, 0.5) is 0 Å². The molecule has 0 aliphatic rings. The van der Waals surface area contributed by atoms with Crippen molar-refractivity contribution in [2.24, 2.45) is 5.92 Å². The Morgan fingerprint density at radius 2 is 1.94 bits per heavy atom. The van der Waals surface area contributed by atoms with Crippen molar-refractivity contribution >= 4 is 17.5 Å². The Labute approximate surface area is 108 Å². The van der Waals surface area contributed by atoms with Gasteiger partial charge in [0.1, 0.15) is 0 Å². The van der Waals surface area contributed by atoms with Gasteiger partial charge in [-0.1, -0.05) is 44.2 Å². The van der Waals surface area contributed by atoms with Gasteiger partial charge in [-0.15, -0.1) is 11.6 Å². The first-order chi connectivity index (χ1) is 8.11. The molecule has 0 radical (unpaired) electrons. The quantitative estimate of drug-likeness (QED) is 0.776. The first-order valence-electron chi connectivity index (χ1n) is 6.01. The van der Waals surface area contributed by atoms with E-state index in [1.54, 1.807) is 0 Å². The van der Waals surface area contributed by atoms with Gasteiger partial charge in [0.2, 0.25) is 5.91 Å². The van der Waals surface area contributed by atoms with Gasteiger partial charge in [0.25, 0.3) is 0 Å². The summed E-state index contributed by atoms with van der Waals surface area (Å²) in [5, 5.41) is 2.98. The number of nitrogens with one attached hydrogen (secondary N) is 1. The minimum Gasteiger partial charge on any atom is -0.352 e. The molecular weight excluding hydrogens is 234 g/mol. The van der Waals surface area contributed by atoms with Crippen LogP contribution in [-0.2, 0) is 11.2 Å². The summed E-state index contributed by atoms with van der Waals surface area (Å²) in [6, 6.07) is 10.1. The van der Waals surface area contributed by atoms with Crippen molar-refractivity contribution in [1.82, 2.24) is 5.32 Å². The van der Waals surface area contributed by atoms with Crippen LogP contribution in [0.25, 0.3) is 0 Å². The number of benzene rings is 1. The Morgan fingerprint density at radius 1 is 1.29 bits per heavy atom. The van der Waals surface area contributed by atoms with E-state index >= 15 is 0 Å². The monoisotopic (exact) mass is 253 g/mol. The molecule has 0 aliphatic carbocycles. The highest BCUT2D eigenvalue weighted by Crippen LogP contribution is 2.06. The van der Waals surface area contributed by atoms with E-state index in [2.05, 4.69) is 5.32 Å². The van der Waals surface area contributed by atoms with Gasteiger partial charge in [0, 0.05) is 18.3 Å². The van der Waals surface area contributed by atoms with E-state index < -0.39 is 0 Å². The molecule has 1 atom stereocenters. The Hall–Kier alpha value is -1.02. The highest BCUT2D eigenvalue weighted by molar-refractivity contribution is 6.18. The molecule has 0 saturated heterocycles. The second-order valence-electron chi connectivity index (χ2n) is 4.71. The van der Waals surface area contributed by atoms with Crippen molar-refractivity contribution in [3.63, 3.8) is 0 Å². The van der Waals surface area contributed by atoms with Crippen LogP contribution in [0.15, 0.2) is 30.3 Å². The molecule has 3 heteroatoms. The van der Waals surface area contributed by atoms with Crippen LogP contribution in [0.3, 0.4) is 0 Å². The standard InChI is InChI=1S/C14H20ClNO/c1-11(2)8-14(17)16-13(10-15)9-12-6-4-3-5-7-12/h3-7,11,13H,8-10H2,1-2H3,(H,16,17). The van der Waals surface area contributed by atoms with Crippen molar-refractivity contribution in [2.75, 3.05) is 5.88 Å². The summed E-state index contributed by atoms with van der Waals surface area (Å²) in [6.07, 6.45) is 1.34. The first-order valence-corrected chi connectivity index (χ1v) is 6.54. The lowest BCUT2D eigenvalue weighted by Crippen LogP contribution is -2.38. The molecule has 0 heterocycles. The smallest absolute Gasteiger partial charge is 0.220 e. The van der Waals surface area contributed by atoms with Gasteiger partial charge in [-0.3, -0.25) is 4.79 Å². The van der Waals surface area contributed by atoms with Gasteiger partial charge < -0.3 is 5.32 Å². The van der Waals surface area contributed by atoms with E-state index in [9.17, 15) is 4.79 Å². The number of rotatable bonds is 6. The molecule has 0 aromatic heterocycles. The predicted octanol–water partition coefficient (Wildman–Crippen LogP) is 3.00. The number of alkyl halides is 1. The molecule has 0 saturated carbocycles. The molecule has 1 unspecified atom stereocenters. The summed E-state index contributed by atoms with van der Waals surface area (Å²) in [6.45, 7) is 4.07. The lowest BCUT2D eigenvalue weighted by Gasteiger charge is -2.17. The number of halogens is 1. The normalized spacial score (nSPS) is 12.5. The zero-order valence-corrected chi connectivity index (χ0v) is 11.2. The van der Waals surface area contributed by atoms with Crippen LogP contribution in [0.5, 0.6) is 0 Å². The lowest BCUT2D eigenvalue weighted by molar-refractivity contribution is -0.122. The summed E-state index contributed by atoms with van der Waals surface area (Å²) < 4.78 is 0. The first kappa shape index (κ1) is 14.0. The highest BCUT2D eigenvalue weighted by Gasteiger charge is 2.12. The number of hydrogen-bond donors (Lipinski definition) is 1. The van der Waals surface area contributed by atoms with Crippen molar-refractivity contribution in [1.29, 1.82) is 0 Å². The van der Waals surface area contributed by atoms with E-state index in [4.69, 9.17) is 11.6 Å². The molecule has 0 bridgehead atoms. The van der Waals surface area contributed by atoms with E-state index in [-0.39, 0.29) is 11.9 Å². The summed E-state index contributed by atoms with van der Waals surface area (Å²) in [4.78, 5) is 11.6. The Balaban J connectivity index is 2.46. The Kier molecular flexibility index (Phi) is 6.06. The number of hydrogen-bond acceptors (Lipinski definition) is 1. The van der Waals surface area contributed by atoms with Crippen LogP contribution in [0.1, 0.15) is 25.8 Å². The zero-order valence-electron chi connectivity index (χ0n) is 10.4. The van der Waals surface area contributed by atoms with Gasteiger partial charge >= 0.3 is 0 Å². The van der Waals surface area contributed by atoms with Crippen molar-refractivity contribution < 1.29 is 4.79 Å². The third-order valence-corrected chi connectivity index (χ3v) is 2.84. The number of amides is 1. The third kappa shape index (κ3) is 5.73. The van der Waals surface area contributed by atoms with Gasteiger partial charge in [-0.05, 0) is 17.9 Å². The molecule has 17 heavy (non-hydrogen) atoms. The molecule has 1 rings (SSSR count). The zero-order chi connectivity index (χ0) is 12.7. The van der Waals surface area contributed by atoms with E-state index in [0.717, 1.165) is 6.42 Å². The van der Waals surface area contributed by atoms with Gasteiger partial charge in [0.15, 0.2) is 0 Å². The number of carbonyl (C=O) groups is 1. The van der Waals surface area contributed by atoms with Crippen molar-refractivity contribution in [3.05, 3.63) is 35.9 Å². The van der Waals surface area contributed by atoms with Gasteiger partial charge in [-0.2, -0.15) is 0 Å². The summed E-state index contributed by atoms with van der Waals surface area (Å²) in [7, 11) is 0. The molecule has 0 spiro atoms. The van der Waals surface area contributed by atoms with E-state index in [1.807, 2.05) is 44.2 Å². The SMILES string of the molecule is CC(C)CC(=O)NC(CCl)Cc1ccccc1. The van der Waals surface area contributed by atoms with Crippen LogP contribution < -0.4 is 5.32 Å². The molecule has 0 aliphatic heterocycles. The molecule has 1 aromatic rings. The topological polar surface area (TPSA) is 29.1 Å². The molecule has 0 fully saturated rings. The molecule has 1 amide bonds. The van der Waals surface area contributed by atoms with Crippen LogP contribution in [0.2, 0.25) is 0 Å². The Morgan fingerprint density at radius 3 is 2.47 bits per heavy atom. The number of carbonyl (C=O) groups excluding carboxylic acids is 1. The fraction of sp³-hybridized carbons (Fsp3) is 0.500. The summed E-state index contributed by atoms with van der Waals surface area (Å²) in [5.41, 5.74) is 1.20. The highest BCUT2D eigenvalue weighted by atomic mass is 35.5. The van der Waals surface area contributed by atoms with E-state index in [1.165, 1.54) is 5.56 Å². The maximum absolute atomic E-state index is 11.6. The van der Waals surface area contributed by atoms with Crippen LogP contribution >= 0.6 is 11.6 Å². The predicted molar refractivity (Wildman–Crippen MR) is 72.3 cm³/mol. The molecule has 1 N–H and O–H groups in total. The molecular formula is C14H20ClNO. The summed E-state index contributed by atoms with van der Waals surface area (Å²) >= 11 is 5.88. The maximum atomic E-state index is 11.6. The average molecular weight is 254 g/mol. The maximum Gasteiger partial charge on any atom is 0.220 e. The second-order valence-corrected chi connectivity index (χ2v) is 5.02. The van der Waals surface area contributed by atoms with Gasteiger partial charge in [-0.25, -0.2) is 0 Å². The molecule has 94 valence electrons. The minimum atomic E-state index is 0.0188. The third-order valence-electron chi connectivity index (χ3n) is 2.47.